The van der Waals surface area contributed by atoms with E-state index in [1.165, 1.54) is 11.0 Å². The Hall–Kier alpha value is -3.81. The summed E-state index contributed by atoms with van der Waals surface area (Å²) in [4.78, 5) is 94.6. The molecule has 1 saturated carbocycles. The minimum atomic E-state index is -1.06. The monoisotopic (exact) mass is 674 g/mol. The van der Waals surface area contributed by atoms with Crippen molar-refractivity contribution in [2.24, 2.45) is 28.1 Å². The minimum absolute atomic E-state index is 0.0386. The number of ether oxygens (including phenoxy) is 1. The molecule has 4 N–H and O–H groups in total. The van der Waals surface area contributed by atoms with Crippen molar-refractivity contribution in [2.75, 3.05) is 32.8 Å². The molecule has 0 aromatic carbocycles. The smallest absolute Gasteiger partial charge is 0.315 e. The Morgan fingerprint density at radius 1 is 0.979 bits per heavy atom. The van der Waals surface area contributed by atoms with Crippen LogP contribution in [-0.4, -0.2) is 108 Å². The standard InChI is InChI=1S/C34H54N6O8/c1-11-13-20(26(43)29(45)35-14-12-2)36-28(44)25-24-19(34(24,9)10)15-40(25)30(46)27(33(6,7)8)38-31(47)37-21(32(3,4)5)16-39-22(41)17-48-18-23(39)42/h12,19-21,24-25,27H,2,11,13-18H2,1,3-10H3,(H,35,45)(H,36,44)(H2,37,38,47)/t19-,20?,21+,24-,25-,27+/m0/s1. The van der Waals surface area contributed by atoms with Gasteiger partial charge in [-0.05, 0) is 34.5 Å². The number of carbonyl (C=O) groups is 7. The van der Waals surface area contributed by atoms with Crippen molar-refractivity contribution in [2.45, 2.75) is 99.3 Å². The number of morpholine rings is 1. The fourth-order valence-electron chi connectivity index (χ4n) is 6.63. The van der Waals surface area contributed by atoms with E-state index in [1.807, 2.05) is 41.5 Å². The van der Waals surface area contributed by atoms with E-state index >= 15 is 0 Å². The molecule has 2 heterocycles. The zero-order chi connectivity index (χ0) is 36.4. The maximum Gasteiger partial charge on any atom is 0.315 e. The predicted molar refractivity (Wildman–Crippen MR) is 177 cm³/mol. The zero-order valence-corrected chi connectivity index (χ0v) is 29.9. The van der Waals surface area contributed by atoms with Gasteiger partial charge in [-0.25, -0.2) is 4.79 Å². The first-order valence-corrected chi connectivity index (χ1v) is 16.7. The number of rotatable bonds is 13. The first-order chi connectivity index (χ1) is 22.2. The Kier molecular flexibility index (Phi) is 11.9. The second-order valence-electron chi connectivity index (χ2n) is 15.8. The summed E-state index contributed by atoms with van der Waals surface area (Å²) in [6.45, 7) is 20.3. The summed E-state index contributed by atoms with van der Waals surface area (Å²) in [5, 5.41) is 10.9. The van der Waals surface area contributed by atoms with Crippen LogP contribution in [0.4, 0.5) is 4.79 Å². The van der Waals surface area contributed by atoms with Crippen LogP contribution < -0.4 is 21.3 Å². The Balaban J connectivity index is 1.82. The summed E-state index contributed by atoms with van der Waals surface area (Å²) in [5.74, 6) is -3.68. The molecule has 0 aromatic heterocycles. The van der Waals surface area contributed by atoms with Crippen LogP contribution in [0.5, 0.6) is 0 Å². The fraction of sp³-hybridized carbons (Fsp3) is 0.735. The average Bonchev–Trinajstić information content (AvgIpc) is 3.29. The third-order valence-corrected chi connectivity index (χ3v) is 9.76. The van der Waals surface area contributed by atoms with E-state index in [9.17, 15) is 33.6 Å². The molecule has 14 nitrogen and oxygen atoms in total. The van der Waals surface area contributed by atoms with Crippen molar-refractivity contribution >= 4 is 41.4 Å². The Bertz CT molecular complexity index is 1300. The number of carbonyl (C=O) groups excluding carboxylic acids is 7. The highest BCUT2D eigenvalue weighted by Crippen LogP contribution is 2.65. The number of piperidine rings is 1. The number of nitrogens with one attached hydrogen (secondary N) is 4. The Labute approximate surface area is 283 Å². The van der Waals surface area contributed by atoms with Gasteiger partial charge >= 0.3 is 6.03 Å². The highest BCUT2D eigenvalue weighted by atomic mass is 16.5. The number of nitrogens with zero attached hydrogens (tertiary/aromatic N) is 2. The molecule has 1 unspecified atom stereocenters. The normalized spacial score (nSPS) is 23.7. The summed E-state index contributed by atoms with van der Waals surface area (Å²) >= 11 is 0. The molecule has 0 spiro atoms. The fourth-order valence-corrected chi connectivity index (χ4v) is 6.63. The number of amides is 7. The maximum absolute atomic E-state index is 14.3. The number of hydrogen-bond acceptors (Lipinski definition) is 8. The highest BCUT2D eigenvalue weighted by molar-refractivity contribution is 6.38. The molecule has 0 radical (unpaired) electrons. The predicted octanol–water partition coefficient (Wildman–Crippen LogP) is 1.14. The van der Waals surface area contributed by atoms with Gasteiger partial charge < -0.3 is 30.9 Å². The van der Waals surface area contributed by atoms with Gasteiger partial charge in [0.15, 0.2) is 0 Å². The van der Waals surface area contributed by atoms with Crippen LogP contribution in [0, 0.1) is 28.1 Å². The second-order valence-corrected chi connectivity index (χ2v) is 15.8. The molecule has 3 fully saturated rings. The molecule has 48 heavy (non-hydrogen) atoms. The van der Waals surface area contributed by atoms with E-state index in [2.05, 4.69) is 27.8 Å². The van der Waals surface area contributed by atoms with E-state index in [0.717, 1.165) is 4.90 Å². The van der Waals surface area contributed by atoms with Crippen molar-refractivity contribution in [1.29, 1.82) is 0 Å². The van der Waals surface area contributed by atoms with Gasteiger partial charge in [-0.3, -0.25) is 33.7 Å². The van der Waals surface area contributed by atoms with E-state index in [-0.39, 0.29) is 50.0 Å². The van der Waals surface area contributed by atoms with Crippen LogP contribution in [0.25, 0.3) is 0 Å². The maximum atomic E-state index is 14.3. The van der Waals surface area contributed by atoms with Gasteiger partial charge in [-0.1, -0.05) is 74.8 Å². The SMILES string of the molecule is C=CCNC(=O)C(=O)C(CCC)NC(=O)[C@@H]1[C@@H]2[C@H](CN1C(=O)[C@@H](NC(=O)N[C@H](CN1C(=O)COCC1=O)C(C)(C)C)C(C)(C)C)C2(C)C. The lowest BCUT2D eigenvalue weighted by Crippen LogP contribution is -2.63. The van der Waals surface area contributed by atoms with Crippen molar-refractivity contribution in [3.63, 3.8) is 0 Å². The summed E-state index contributed by atoms with van der Waals surface area (Å²) in [6, 6.07) is -4.35. The first-order valence-electron chi connectivity index (χ1n) is 16.7. The summed E-state index contributed by atoms with van der Waals surface area (Å²) in [6.07, 6.45) is 2.23. The molecule has 14 heteroatoms. The largest absolute Gasteiger partial charge is 0.362 e. The molecule has 268 valence electrons. The third-order valence-electron chi connectivity index (χ3n) is 9.76. The second kappa shape index (κ2) is 14.8. The van der Waals surface area contributed by atoms with Gasteiger partial charge in [-0.2, -0.15) is 0 Å². The number of ketones is 1. The Morgan fingerprint density at radius 2 is 1.58 bits per heavy atom. The van der Waals surface area contributed by atoms with Crippen LogP contribution in [0.15, 0.2) is 12.7 Å². The number of urea groups is 1. The Morgan fingerprint density at radius 3 is 2.10 bits per heavy atom. The van der Waals surface area contributed by atoms with Crippen LogP contribution in [0.1, 0.15) is 75.2 Å². The van der Waals surface area contributed by atoms with Crippen LogP contribution in [0.2, 0.25) is 0 Å². The van der Waals surface area contributed by atoms with Gasteiger partial charge in [-0.15, -0.1) is 6.58 Å². The summed E-state index contributed by atoms with van der Waals surface area (Å²) in [7, 11) is 0. The van der Waals surface area contributed by atoms with Gasteiger partial charge in [0.25, 0.3) is 17.7 Å². The highest BCUT2D eigenvalue weighted by Gasteiger charge is 2.70. The lowest BCUT2D eigenvalue weighted by atomic mass is 9.84. The third kappa shape index (κ3) is 8.61. The van der Waals surface area contributed by atoms with Gasteiger partial charge in [0.1, 0.15) is 25.3 Å². The molecule has 0 bridgehead atoms. The lowest BCUT2D eigenvalue weighted by molar-refractivity contribution is -0.159. The molecule has 2 saturated heterocycles. The molecule has 1 aliphatic carbocycles. The molecule has 0 aromatic rings. The van der Waals surface area contributed by atoms with E-state index < -0.39 is 76.3 Å². The van der Waals surface area contributed by atoms with Gasteiger partial charge in [0.2, 0.25) is 17.6 Å². The van der Waals surface area contributed by atoms with Crippen molar-refractivity contribution in [1.82, 2.24) is 31.1 Å². The molecular formula is C34H54N6O8. The van der Waals surface area contributed by atoms with Crippen LogP contribution >= 0.6 is 0 Å². The first kappa shape index (κ1) is 38.6. The van der Waals surface area contributed by atoms with Crippen molar-refractivity contribution in [3.8, 4) is 0 Å². The minimum Gasteiger partial charge on any atom is -0.362 e. The molecule has 6 atom stereocenters. The van der Waals surface area contributed by atoms with E-state index in [0.29, 0.717) is 13.0 Å². The number of imide groups is 1. The molecular weight excluding hydrogens is 620 g/mol. The van der Waals surface area contributed by atoms with Gasteiger partial charge in [0, 0.05) is 19.6 Å². The van der Waals surface area contributed by atoms with Crippen molar-refractivity contribution in [3.05, 3.63) is 12.7 Å². The summed E-state index contributed by atoms with van der Waals surface area (Å²) in [5.41, 5.74) is -1.58. The molecule has 3 aliphatic rings. The van der Waals surface area contributed by atoms with Crippen molar-refractivity contribution < 1.29 is 38.3 Å². The van der Waals surface area contributed by atoms with Crippen LogP contribution in [-0.2, 0) is 33.5 Å². The average molecular weight is 675 g/mol. The number of Topliss-reactive ketones (excluding diaryl/α,β-unsaturated/α-hetero) is 1. The zero-order valence-electron chi connectivity index (χ0n) is 29.9. The number of fused-ring (bicyclic) bond motifs is 1. The van der Waals surface area contributed by atoms with E-state index in [4.69, 9.17) is 4.74 Å². The molecule has 3 rings (SSSR count). The van der Waals surface area contributed by atoms with Gasteiger partial charge in [0.05, 0.1) is 12.1 Å². The molecule has 2 aliphatic heterocycles. The van der Waals surface area contributed by atoms with E-state index in [1.54, 1.807) is 20.8 Å². The topological polar surface area (TPSA) is 183 Å². The van der Waals surface area contributed by atoms with Crippen LogP contribution in [0.3, 0.4) is 0 Å². The quantitative estimate of drug-likeness (QED) is 0.127. The lowest BCUT2D eigenvalue weighted by Gasteiger charge is -2.39. The number of hydrogen-bond donors (Lipinski definition) is 4. The number of likely N-dealkylation sites (tertiary alicyclic amines) is 1. The molecule has 7 amide bonds. The summed E-state index contributed by atoms with van der Waals surface area (Å²) < 4.78 is 5.01.